The van der Waals surface area contributed by atoms with Crippen molar-refractivity contribution in [2.24, 2.45) is 0 Å². The van der Waals surface area contributed by atoms with Crippen molar-refractivity contribution in [3.05, 3.63) is 116 Å². The maximum Gasteiger partial charge on any atom is 0.439 e. The van der Waals surface area contributed by atoms with Crippen LogP contribution in [0.1, 0.15) is 65.1 Å². The van der Waals surface area contributed by atoms with Crippen molar-refractivity contribution in [3.8, 4) is 5.75 Å². The van der Waals surface area contributed by atoms with Crippen molar-refractivity contribution < 1.29 is 18.0 Å². The third-order valence-electron chi connectivity index (χ3n) is 7.25. The van der Waals surface area contributed by atoms with E-state index < -0.39 is 11.6 Å². The molecule has 0 atom stereocenters. The molecule has 0 saturated heterocycles. The predicted molar refractivity (Wildman–Crippen MR) is 136 cm³/mol. The van der Waals surface area contributed by atoms with Gasteiger partial charge in [0.15, 0.2) is 5.82 Å². The Balaban J connectivity index is 1.36. The fourth-order valence-corrected chi connectivity index (χ4v) is 5.30. The molecule has 1 saturated carbocycles. The van der Waals surface area contributed by atoms with Gasteiger partial charge < -0.3 is 9.14 Å². The van der Waals surface area contributed by atoms with E-state index in [0.717, 1.165) is 52.1 Å². The molecule has 2 aromatic carbocycles. The number of allylic oxidation sites excluding steroid dienone is 1. The molecule has 1 N–H and O–H groups in total. The number of pyridine rings is 1. The molecule has 2 aliphatic rings. The molecule has 9 heteroatoms. The second kappa shape index (κ2) is 8.51. The number of ether oxygens (including phenoxy) is 1. The van der Waals surface area contributed by atoms with E-state index in [-0.39, 0.29) is 12.4 Å². The molecule has 190 valence electrons. The topological polar surface area (TPSA) is 85.4 Å². The summed E-state index contributed by atoms with van der Waals surface area (Å²) in [5, 5.41) is 3.86. The summed E-state index contributed by atoms with van der Waals surface area (Å²) < 4.78 is 40.9. The first-order valence-corrected chi connectivity index (χ1v) is 12.4. The molecule has 5 aromatic rings. The van der Waals surface area contributed by atoms with Crippen LogP contribution < -0.4 is 10.5 Å². The Hall–Kier alpha value is -4.53. The van der Waals surface area contributed by atoms with Crippen LogP contribution >= 0.6 is 0 Å². The number of nitrogens with zero attached hydrogens (tertiary/aromatic N) is 3. The highest BCUT2D eigenvalue weighted by Crippen LogP contribution is 2.43. The minimum absolute atomic E-state index is 0.225. The summed E-state index contributed by atoms with van der Waals surface area (Å²) in [7, 11) is 0. The van der Waals surface area contributed by atoms with Crippen LogP contribution in [0.3, 0.4) is 0 Å². The first kappa shape index (κ1) is 22.7. The quantitative estimate of drug-likeness (QED) is 0.338. The lowest BCUT2D eigenvalue weighted by atomic mass is 9.89. The van der Waals surface area contributed by atoms with Crippen molar-refractivity contribution in [2.45, 2.75) is 38.7 Å². The van der Waals surface area contributed by atoms with E-state index >= 15 is 0 Å². The van der Waals surface area contributed by atoms with Gasteiger partial charge in [0, 0.05) is 35.7 Å². The van der Waals surface area contributed by atoms with Gasteiger partial charge in [-0.1, -0.05) is 23.4 Å². The zero-order chi connectivity index (χ0) is 26.0. The molecule has 38 heavy (non-hydrogen) atoms. The Labute approximate surface area is 215 Å². The Kier molecular flexibility index (Phi) is 5.07. The number of aromatic nitrogens is 4. The molecule has 7 rings (SSSR count). The monoisotopic (exact) mass is 512 g/mol. The van der Waals surface area contributed by atoms with E-state index in [0.29, 0.717) is 35.0 Å². The molecule has 0 spiro atoms. The Morgan fingerprint density at radius 3 is 2.68 bits per heavy atom. The lowest BCUT2D eigenvalue weighted by Crippen LogP contribution is -2.02. The minimum Gasteiger partial charge on any atom is -0.488 e. The molecular weight excluding hydrogens is 490 g/mol. The van der Waals surface area contributed by atoms with Gasteiger partial charge >= 0.3 is 5.76 Å². The number of hydrogen-bond donors (Lipinski definition) is 1. The van der Waals surface area contributed by atoms with E-state index in [2.05, 4.69) is 16.2 Å². The van der Waals surface area contributed by atoms with Gasteiger partial charge in [0.1, 0.15) is 29.6 Å². The van der Waals surface area contributed by atoms with Crippen LogP contribution in [0, 0.1) is 11.6 Å². The van der Waals surface area contributed by atoms with Crippen molar-refractivity contribution in [3.63, 3.8) is 0 Å². The highest BCUT2D eigenvalue weighted by atomic mass is 19.1. The lowest BCUT2D eigenvalue weighted by molar-refractivity contribution is 0.305. The average molecular weight is 513 g/mol. The fraction of sp³-hybridized carbons (Fsp3) is 0.207. The Bertz CT molecular complexity index is 1830. The third kappa shape index (κ3) is 3.82. The van der Waals surface area contributed by atoms with Crippen LogP contribution in [-0.2, 0) is 13.0 Å². The zero-order valence-electron chi connectivity index (χ0n) is 20.4. The first-order valence-electron chi connectivity index (χ1n) is 12.4. The smallest absolute Gasteiger partial charge is 0.439 e. The van der Waals surface area contributed by atoms with Gasteiger partial charge in [-0.15, -0.1) is 0 Å². The van der Waals surface area contributed by atoms with Gasteiger partial charge in [0.25, 0.3) is 0 Å². The molecule has 1 fully saturated rings. The SMILES string of the molecule is C/C(=C1/c2ccc(Cc3c(C4CC4)nc4ccc(F)cn34)cc2COc2cc(F)ccc21)c1noc(=O)[nH]1. The number of benzene rings is 2. The zero-order valence-corrected chi connectivity index (χ0v) is 20.4. The lowest BCUT2D eigenvalue weighted by Gasteiger charge is -2.14. The molecule has 1 aliphatic carbocycles. The van der Waals surface area contributed by atoms with E-state index in [1.165, 1.54) is 24.4 Å². The maximum atomic E-state index is 14.1. The van der Waals surface area contributed by atoms with Crippen LogP contribution in [0.15, 0.2) is 64.0 Å². The summed E-state index contributed by atoms with van der Waals surface area (Å²) in [6, 6.07) is 13.6. The van der Waals surface area contributed by atoms with E-state index in [4.69, 9.17) is 14.2 Å². The number of rotatable bonds is 4. The number of H-pyrrole nitrogens is 1. The van der Waals surface area contributed by atoms with Gasteiger partial charge in [-0.25, -0.2) is 18.6 Å². The summed E-state index contributed by atoms with van der Waals surface area (Å²) in [5.74, 6) is -0.279. The van der Waals surface area contributed by atoms with Crippen LogP contribution in [0.4, 0.5) is 8.78 Å². The van der Waals surface area contributed by atoms with Gasteiger partial charge in [-0.05, 0) is 66.3 Å². The molecule has 0 unspecified atom stereocenters. The Morgan fingerprint density at radius 2 is 1.89 bits per heavy atom. The normalized spacial score (nSPS) is 16.1. The van der Waals surface area contributed by atoms with Crippen LogP contribution in [-0.4, -0.2) is 19.5 Å². The van der Waals surface area contributed by atoms with Gasteiger partial charge in [0.05, 0.1) is 11.4 Å². The Morgan fingerprint density at radius 1 is 1.08 bits per heavy atom. The van der Waals surface area contributed by atoms with Crippen LogP contribution in [0.25, 0.3) is 16.8 Å². The van der Waals surface area contributed by atoms with Crippen molar-refractivity contribution in [1.29, 1.82) is 0 Å². The van der Waals surface area contributed by atoms with Crippen LogP contribution in [0.5, 0.6) is 5.75 Å². The fourth-order valence-electron chi connectivity index (χ4n) is 5.30. The molecule has 7 nitrogen and oxygen atoms in total. The van der Waals surface area contributed by atoms with E-state index in [1.54, 1.807) is 12.1 Å². The summed E-state index contributed by atoms with van der Waals surface area (Å²) in [6.07, 6.45) is 4.23. The summed E-state index contributed by atoms with van der Waals surface area (Å²) in [4.78, 5) is 19.1. The second-order valence-electron chi connectivity index (χ2n) is 9.83. The van der Waals surface area contributed by atoms with E-state index in [9.17, 15) is 13.6 Å². The summed E-state index contributed by atoms with van der Waals surface area (Å²) >= 11 is 0. The number of aromatic amines is 1. The third-order valence-corrected chi connectivity index (χ3v) is 7.25. The van der Waals surface area contributed by atoms with Crippen molar-refractivity contribution in [2.75, 3.05) is 0 Å². The highest BCUT2D eigenvalue weighted by Gasteiger charge is 2.30. The van der Waals surface area contributed by atoms with Crippen LogP contribution in [0.2, 0.25) is 0 Å². The predicted octanol–water partition coefficient (Wildman–Crippen LogP) is 5.63. The molecule has 3 aromatic heterocycles. The standard InChI is InChI=1S/C29H22F2N4O3/c1-15(28-33-29(36)38-34-28)26-21-7-2-16(10-18(21)14-37-24-12-19(30)5-8-22(24)26)11-23-27(17-3-4-17)32-25-9-6-20(31)13-35(23)25/h2,5-10,12-13,17H,3-4,11,14H2,1H3,(H,33,34,36)/b26-15+. The molecule has 0 radical (unpaired) electrons. The van der Waals surface area contributed by atoms with Crippen molar-refractivity contribution in [1.82, 2.24) is 19.5 Å². The van der Waals surface area contributed by atoms with Gasteiger partial charge in [0.2, 0.25) is 0 Å². The second-order valence-corrected chi connectivity index (χ2v) is 9.83. The maximum absolute atomic E-state index is 14.1. The number of fused-ring (bicyclic) bond motifs is 3. The molecule has 0 amide bonds. The summed E-state index contributed by atoms with van der Waals surface area (Å²) in [5.41, 5.74) is 7.65. The van der Waals surface area contributed by atoms with Crippen molar-refractivity contribution >= 4 is 16.8 Å². The molecule has 1 aliphatic heterocycles. The average Bonchev–Trinajstić information content (AvgIpc) is 3.60. The summed E-state index contributed by atoms with van der Waals surface area (Å²) in [6.45, 7) is 2.05. The largest absolute Gasteiger partial charge is 0.488 e. The number of halogens is 2. The number of imidazole rings is 1. The van der Waals surface area contributed by atoms with Gasteiger partial charge in [-0.2, -0.15) is 0 Å². The van der Waals surface area contributed by atoms with E-state index in [1.807, 2.05) is 23.5 Å². The number of hydrogen-bond acceptors (Lipinski definition) is 5. The minimum atomic E-state index is -0.657. The highest BCUT2D eigenvalue weighted by molar-refractivity contribution is 5.99. The number of nitrogens with one attached hydrogen (secondary N) is 1. The molecule has 0 bridgehead atoms. The molecule has 4 heterocycles. The van der Waals surface area contributed by atoms with Gasteiger partial charge in [-0.3, -0.25) is 9.51 Å². The molecular formula is C29H22F2N4O3. The first-order chi connectivity index (χ1) is 18.4.